The van der Waals surface area contributed by atoms with E-state index in [0.29, 0.717) is 12.0 Å². The third-order valence-corrected chi connectivity index (χ3v) is 3.94. The molecule has 3 rings (SSSR count). The fourth-order valence-electron chi connectivity index (χ4n) is 3.20. The van der Waals surface area contributed by atoms with Gasteiger partial charge < -0.3 is 10.7 Å². The highest BCUT2D eigenvalue weighted by molar-refractivity contribution is 5.31. The molecule has 1 aromatic rings. The van der Waals surface area contributed by atoms with Gasteiger partial charge in [-0.05, 0) is 25.7 Å². The van der Waals surface area contributed by atoms with E-state index in [1.807, 2.05) is 0 Å². The lowest BCUT2D eigenvalue weighted by Crippen LogP contribution is -2.18. The second kappa shape index (κ2) is 2.83. The van der Waals surface area contributed by atoms with Crippen molar-refractivity contribution < 1.29 is 0 Å². The van der Waals surface area contributed by atoms with Crippen LogP contribution in [0.2, 0.25) is 0 Å². The summed E-state index contributed by atoms with van der Waals surface area (Å²) >= 11 is 0. The van der Waals surface area contributed by atoms with Gasteiger partial charge in [-0.25, -0.2) is 4.98 Å². The van der Waals surface area contributed by atoms with Crippen molar-refractivity contribution in [3.63, 3.8) is 0 Å². The standard InChI is InChI=1S/C11H17N3/c12-7-9-13-8-3-6-11(10(8)14-9)4-1-2-5-11/h1-7,12H2,(H,13,14). The summed E-state index contributed by atoms with van der Waals surface area (Å²) in [6.07, 6.45) is 7.94. The van der Waals surface area contributed by atoms with Crippen LogP contribution in [0.1, 0.15) is 49.3 Å². The summed E-state index contributed by atoms with van der Waals surface area (Å²) in [5.74, 6) is 0.973. The van der Waals surface area contributed by atoms with E-state index in [1.165, 1.54) is 49.9 Å². The first-order chi connectivity index (χ1) is 6.84. The number of nitrogens with two attached hydrogens (primary N) is 1. The Balaban J connectivity index is 2.03. The predicted molar refractivity (Wildman–Crippen MR) is 54.9 cm³/mol. The molecule has 3 nitrogen and oxygen atoms in total. The molecule has 0 bridgehead atoms. The van der Waals surface area contributed by atoms with Gasteiger partial charge in [0.25, 0.3) is 0 Å². The summed E-state index contributed by atoms with van der Waals surface area (Å²) < 4.78 is 0. The van der Waals surface area contributed by atoms with E-state index in [9.17, 15) is 0 Å². The Bertz CT molecular complexity index is 347. The van der Waals surface area contributed by atoms with Gasteiger partial charge in [0.1, 0.15) is 5.82 Å². The number of nitrogens with zero attached hydrogens (tertiary/aromatic N) is 1. The molecule has 0 radical (unpaired) electrons. The number of hydrogen-bond acceptors (Lipinski definition) is 2. The normalized spacial score (nSPS) is 23.2. The summed E-state index contributed by atoms with van der Waals surface area (Å²) in [7, 11) is 0. The summed E-state index contributed by atoms with van der Waals surface area (Å²) in [6, 6.07) is 0. The third-order valence-electron chi connectivity index (χ3n) is 3.94. The molecule has 0 amide bonds. The highest BCUT2D eigenvalue weighted by atomic mass is 15.0. The summed E-state index contributed by atoms with van der Waals surface area (Å²) in [5.41, 5.74) is 8.77. The SMILES string of the molecule is NCc1nc2c([nH]1)CCC21CCCC1. The number of imidazole rings is 1. The molecule has 1 saturated carbocycles. The smallest absolute Gasteiger partial charge is 0.120 e. The van der Waals surface area contributed by atoms with E-state index in [-0.39, 0.29) is 0 Å². The van der Waals surface area contributed by atoms with Gasteiger partial charge >= 0.3 is 0 Å². The summed E-state index contributed by atoms with van der Waals surface area (Å²) in [4.78, 5) is 8.02. The van der Waals surface area contributed by atoms with Crippen LogP contribution in [0, 0.1) is 0 Å². The lowest BCUT2D eigenvalue weighted by Gasteiger charge is -2.21. The fraction of sp³-hybridized carbons (Fsp3) is 0.727. The van der Waals surface area contributed by atoms with Crippen molar-refractivity contribution in [2.45, 2.75) is 50.5 Å². The lowest BCUT2D eigenvalue weighted by molar-refractivity contribution is 0.427. The van der Waals surface area contributed by atoms with Crippen molar-refractivity contribution in [1.29, 1.82) is 0 Å². The highest BCUT2D eigenvalue weighted by Crippen LogP contribution is 2.48. The first-order valence-corrected chi connectivity index (χ1v) is 5.62. The van der Waals surface area contributed by atoms with Crippen LogP contribution in [0.25, 0.3) is 0 Å². The Kier molecular flexibility index (Phi) is 1.71. The van der Waals surface area contributed by atoms with Crippen LogP contribution in [0.15, 0.2) is 0 Å². The molecule has 0 saturated heterocycles. The number of hydrogen-bond donors (Lipinski definition) is 2. The Morgan fingerprint density at radius 2 is 2.07 bits per heavy atom. The van der Waals surface area contributed by atoms with Crippen LogP contribution in [0.5, 0.6) is 0 Å². The molecule has 1 spiro atoms. The summed E-state index contributed by atoms with van der Waals surface area (Å²) in [5, 5.41) is 0. The van der Waals surface area contributed by atoms with Crippen LogP contribution < -0.4 is 5.73 Å². The number of aromatic amines is 1. The zero-order chi connectivity index (χ0) is 9.60. The molecule has 1 heterocycles. The molecule has 1 aromatic heterocycles. The Morgan fingerprint density at radius 3 is 2.79 bits per heavy atom. The average molecular weight is 191 g/mol. The van der Waals surface area contributed by atoms with E-state index < -0.39 is 0 Å². The Hall–Kier alpha value is -0.830. The fourth-order valence-corrected chi connectivity index (χ4v) is 3.20. The van der Waals surface area contributed by atoms with Gasteiger partial charge in [-0.15, -0.1) is 0 Å². The highest BCUT2D eigenvalue weighted by Gasteiger charge is 2.43. The first kappa shape index (κ1) is 8.48. The molecule has 2 aliphatic rings. The molecule has 2 aliphatic carbocycles. The average Bonchev–Trinajstić information content (AvgIpc) is 2.88. The molecule has 0 atom stereocenters. The van der Waals surface area contributed by atoms with Gasteiger partial charge in [0.2, 0.25) is 0 Å². The number of nitrogens with one attached hydrogen (secondary N) is 1. The topological polar surface area (TPSA) is 54.7 Å². The number of fused-ring (bicyclic) bond motifs is 2. The van der Waals surface area contributed by atoms with Gasteiger partial charge in [-0.2, -0.15) is 0 Å². The van der Waals surface area contributed by atoms with E-state index in [4.69, 9.17) is 5.73 Å². The van der Waals surface area contributed by atoms with Gasteiger partial charge in [0.15, 0.2) is 0 Å². The predicted octanol–water partition coefficient (Wildman–Crippen LogP) is 1.63. The van der Waals surface area contributed by atoms with Crippen LogP contribution in [0.3, 0.4) is 0 Å². The molecule has 1 fully saturated rings. The van der Waals surface area contributed by atoms with E-state index in [1.54, 1.807) is 0 Å². The van der Waals surface area contributed by atoms with Crippen molar-refractivity contribution in [1.82, 2.24) is 9.97 Å². The maximum Gasteiger partial charge on any atom is 0.120 e. The van der Waals surface area contributed by atoms with E-state index in [0.717, 1.165) is 5.82 Å². The largest absolute Gasteiger partial charge is 0.345 e. The van der Waals surface area contributed by atoms with Gasteiger partial charge in [0, 0.05) is 11.1 Å². The van der Waals surface area contributed by atoms with Crippen LogP contribution in [-0.2, 0) is 18.4 Å². The number of aromatic nitrogens is 2. The van der Waals surface area contributed by atoms with Crippen molar-refractivity contribution in [2.24, 2.45) is 5.73 Å². The third kappa shape index (κ3) is 0.989. The molecule has 3 heteroatoms. The Labute approximate surface area is 84.1 Å². The van der Waals surface area contributed by atoms with E-state index in [2.05, 4.69) is 9.97 Å². The molecular weight excluding hydrogens is 174 g/mol. The van der Waals surface area contributed by atoms with Gasteiger partial charge in [-0.1, -0.05) is 12.8 Å². The van der Waals surface area contributed by atoms with Crippen molar-refractivity contribution in [2.75, 3.05) is 0 Å². The molecule has 76 valence electrons. The minimum Gasteiger partial charge on any atom is -0.345 e. The first-order valence-electron chi connectivity index (χ1n) is 5.62. The lowest BCUT2D eigenvalue weighted by atomic mass is 9.84. The van der Waals surface area contributed by atoms with Gasteiger partial charge in [0.05, 0.1) is 12.2 Å². The second-order valence-corrected chi connectivity index (χ2v) is 4.70. The number of H-pyrrole nitrogens is 1. The van der Waals surface area contributed by atoms with E-state index >= 15 is 0 Å². The van der Waals surface area contributed by atoms with Crippen LogP contribution >= 0.6 is 0 Å². The molecule has 0 aromatic carbocycles. The quantitative estimate of drug-likeness (QED) is 0.708. The Morgan fingerprint density at radius 1 is 1.29 bits per heavy atom. The molecule has 0 unspecified atom stereocenters. The van der Waals surface area contributed by atoms with Crippen molar-refractivity contribution in [3.8, 4) is 0 Å². The zero-order valence-corrected chi connectivity index (χ0v) is 8.47. The number of rotatable bonds is 1. The maximum absolute atomic E-state index is 5.60. The molecule has 0 aliphatic heterocycles. The summed E-state index contributed by atoms with van der Waals surface area (Å²) in [6.45, 7) is 0.545. The van der Waals surface area contributed by atoms with Crippen molar-refractivity contribution in [3.05, 3.63) is 17.2 Å². The minimum absolute atomic E-state index is 0.444. The molecular formula is C11H17N3. The van der Waals surface area contributed by atoms with Crippen LogP contribution in [0.4, 0.5) is 0 Å². The molecule has 14 heavy (non-hydrogen) atoms. The monoisotopic (exact) mass is 191 g/mol. The minimum atomic E-state index is 0.444. The number of aryl methyl sites for hydroxylation is 1. The second-order valence-electron chi connectivity index (χ2n) is 4.70. The zero-order valence-electron chi connectivity index (χ0n) is 8.47. The molecule has 3 N–H and O–H groups in total. The van der Waals surface area contributed by atoms with Gasteiger partial charge in [-0.3, -0.25) is 0 Å². The maximum atomic E-state index is 5.60. The van der Waals surface area contributed by atoms with Crippen molar-refractivity contribution >= 4 is 0 Å². The van der Waals surface area contributed by atoms with Crippen LogP contribution in [-0.4, -0.2) is 9.97 Å².